The van der Waals surface area contributed by atoms with Gasteiger partial charge >= 0.3 is 0 Å². The number of hydrogen-bond acceptors (Lipinski definition) is 5. The SMILES string of the molecule is Cc1ncccc1C(=O)N1CCN(S(=O)(=O)c2cc(Cl)cnc2C)CC1. The summed E-state index contributed by atoms with van der Waals surface area (Å²) in [5, 5.41) is 0.273. The highest BCUT2D eigenvalue weighted by Gasteiger charge is 2.32. The molecule has 1 aliphatic heterocycles. The topological polar surface area (TPSA) is 83.5 Å². The summed E-state index contributed by atoms with van der Waals surface area (Å²) in [6, 6.07) is 4.86. The molecule has 9 heteroatoms. The zero-order valence-corrected chi connectivity index (χ0v) is 16.1. The zero-order chi connectivity index (χ0) is 18.9. The van der Waals surface area contributed by atoms with Gasteiger partial charge in [-0.1, -0.05) is 11.6 Å². The maximum Gasteiger partial charge on any atom is 0.255 e. The van der Waals surface area contributed by atoms with Crippen LogP contribution in [0.15, 0.2) is 35.5 Å². The van der Waals surface area contributed by atoms with Crippen LogP contribution >= 0.6 is 11.6 Å². The monoisotopic (exact) mass is 394 g/mol. The van der Waals surface area contributed by atoms with E-state index in [0.717, 1.165) is 0 Å². The fourth-order valence-electron chi connectivity index (χ4n) is 2.90. The van der Waals surface area contributed by atoms with Gasteiger partial charge in [-0.3, -0.25) is 14.8 Å². The summed E-state index contributed by atoms with van der Waals surface area (Å²) in [5.74, 6) is -0.131. The molecule has 0 aromatic carbocycles. The molecule has 138 valence electrons. The van der Waals surface area contributed by atoms with Gasteiger partial charge in [-0.25, -0.2) is 8.42 Å². The van der Waals surface area contributed by atoms with Crippen LogP contribution in [0.3, 0.4) is 0 Å². The first kappa shape index (κ1) is 18.8. The van der Waals surface area contributed by atoms with Crippen molar-refractivity contribution in [1.29, 1.82) is 0 Å². The molecule has 7 nitrogen and oxygen atoms in total. The molecule has 1 fully saturated rings. The van der Waals surface area contributed by atoms with Crippen LogP contribution in [-0.2, 0) is 10.0 Å². The Morgan fingerprint density at radius 1 is 1.12 bits per heavy atom. The molecule has 1 amide bonds. The van der Waals surface area contributed by atoms with Gasteiger partial charge in [0, 0.05) is 44.3 Å². The van der Waals surface area contributed by atoms with Crippen molar-refractivity contribution >= 4 is 27.5 Å². The van der Waals surface area contributed by atoms with Gasteiger partial charge < -0.3 is 4.90 Å². The second-order valence-corrected chi connectivity index (χ2v) is 8.41. The lowest BCUT2D eigenvalue weighted by Crippen LogP contribution is -2.50. The van der Waals surface area contributed by atoms with Crippen LogP contribution in [0, 0.1) is 13.8 Å². The van der Waals surface area contributed by atoms with E-state index >= 15 is 0 Å². The number of halogens is 1. The maximum absolute atomic E-state index is 12.9. The van der Waals surface area contributed by atoms with Gasteiger partial charge in [-0.2, -0.15) is 4.31 Å². The molecule has 2 aromatic heterocycles. The number of carbonyl (C=O) groups excluding carboxylic acids is 1. The number of sulfonamides is 1. The van der Waals surface area contributed by atoms with Gasteiger partial charge in [-0.15, -0.1) is 0 Å². The van der Waals surface area contributed by atoms with Gasteiger partial charge in [0.2, 0.25) is 10.0 Å². The number of nitrogens with zero attached hydrogens (tertiary/aromatic N) is 4. The summed E-state index contributed by atoms with van der Waals surface area (Å²) in [5.41, 5.74) is 1.60. The van der Waals surface area contributed by atoms with Crippen molar-refractivity contribution in [2.24, 2.45) is 0 Å². The second-order valence-electron chi connectivity index (χ2n) is 6.07. The molecule has 0 N–H and O–H groups in total. The van der Waals surface area contributed by atoms with Gasteiger partial charge in [0.05, 0.1) is 16.3 Å². The largest absolute Gasteiger partial charge is 0.336 e. The van der Waals surface area contributed by atoms with E-state index in [0.29, 0.717) is 30.0 Å². The third-order valence-corrected chi connectivity index (χ3v) is 6.61. The van der Waals surface area contributed by atoms with E-state index in [1.807, 2.05) is 0 Å². The molecule has 2 aromatic rings. The van der Waals surface area contributed by atoms with Crippen LogP contribution in [-0.4, -0.2) is 59.7 Å². The minimum absolute atomic E-state index is 0.105. The number of aryl methyl sites for hydroxylation is 2. The number of amides is 1. The molecule has 3 rings (SSSR count). The highest BCUT2D eigenvalue weighted by Crippen LogP contribution is 2.23. The van der Waals surface area contributed by atoms with Crippen LogP contribution in [0.4, 0.5) is 0 Å². The predicted molar refractivity (Wildman–Crippen MR) is 97.6 cm³/mol. The summed E-state index contributed by atoms with van der Waals surface area (Å²) in [6.07, 6.45) is 3.06. The lowest BCUT2D eigenvalue weighted by atomic mass is 10.1. The lowest BCUT2D eigenvalue weighted by Gasteiger charge is -2.34. The highest BCUT2D eigenvalue weighted by atomic mass is 35.5. The lowest BCUT2D eigenvalue weighted by molar-refractivity contribution is 0.0696. The second kappa shape index (κ2) is 7.30. The molecule has 0 unspecified atom stereocenters. The standard InChI is InChI=1S/C17H19ClN4O3S/c1-12-15(4-3-5-19-12)17(23)21-6-8-22(9-7-21)26(24,25)16-10-14(18)11-20-13(16)2/h3-5,10-11H,6-9H2,1-2H3. The Balaban J connectivity index is 1.75. The predicted octanol–water partition coefficient (Wildman–Crippen LogP) is 1.89. The molecular weight excluding hydrogens is 376 g/mol. The van der Waals surface area contributed by atoms with Crippen molar-refractivity contribution < 1.29 is 13.2 Å². The molecule has 0 bridgehead atoms. The molecule has 26 heavy (non-hydrogen) atoms. The highest BCUT2D eigenvalue weighted by molar-refractivity contribution is 7.89. The van der Waals surface area contributed by atoms with Gasteiger partial charge in [0.25, 0.3) is 5.91 Å². The summed E-state index contributed by atoms with van der Waals surface area (Å²) in [4.78, 5) is 22.5. The first-order valence-electron chi connectivity index (χ1n) is 8.14. The minimum Gasteiger partial charge on any atom is -0.336 e. The van der Waals surface area contributed by atoms with E-state index in [9.17, 15) is 13.2 Å². The Morgan fingerprint density at radius 3 is 2.46 bits per heavy atom. The van der Waals surface area contributed by atoms with Gasteiger partial charge in [-0.05, 0) is 32.0 Å². The zero-order valence-electron chi connectivity index (χ0n) is 14.5. The molecule has 0 atom stereocenters. The van der Waals surface area contributed by atoms with Crippen molar-refractivity contribution in [3.05, 3.63) is 52.6 Å². The number of aromatic nitrogens is 2. The molecule has 1 aliphatic rings. The average molecular weight is 395 g/mol. The third-order valence-electron chi connectivity index (χ3n) is 4.39. The summed E-state index contributed by atoms with van der Waals surface area (Å²) < 4.78 is 27.1. The molecule has 0 radical (unpaired) electrons. The van der Waals surface area contributed by atoms with E-state index < -0.39 is 10.0 Å². The Kier molecular flexibility index (Phi) is 5.27. The summed E-state index contributed by atoms with van der Waals surface area (Å²) in [6.45, 7) is 4.49. The molecule has 0 spiro atoms. The normalized spacial score (nSPS) is 15.9. The number of hydrogen-bond donors (Lipinski definition) is 0. The summed E-state index contributed by atoms with van der Waals surface area (Å²) >= 11 is 5.90. The smallest absolute Gasteiger partial charge is 0.255 e. The van der Waals surface area contributed by atoms with Crippen LogP contribution in [0.25, 0.3) is 0 Å². The van der Waals surface area contributed by atoms with Gasteiger partial charge in [0.15, 0.2) is 0 Å². The fourth-order valence-corrected chi connectivity index (χ4v) is 4.75. The Bertz CT molecular complexity index is 941. The molecule has 1 saturated heterocycles. The average Bonchev–Trinajstić information content (AvgIpc) is 2.63. The van der Waals surface area contributed by atoms with Crippen molar-refractivity contribution in [3.63, 3.8) is 0 Å². The Hall–Kier alpha value is -2.03. The van der Waals surface area contributed by atoms with Crippen molar-refractivity contribution in [2.45, 2.75) is 18.7 Å². The third kappa shape index (κ3) is 3.58. The Morgan fingerprint density at radius 2 is 1.81 bits per heavy atom. The van der Waals surface area contributed by atoms with Crippen molar-refractivity contribution in [3.8, 4) is 0 Å². The first-order valence-corrected chi connectivity index (χ1v) is 9.95. The van der Waals surface area contributed by atoms with Crippen molar-refractivity contribution in [2.75, 3.05) is 26.2 Å². The van der Waals surface area contributed by atoms with E-state index in [4.69, 9.17) is 11.6 Å². The summed E-state index contributed by atoms with van der Waals surface area (Å²) in [7, 11) is -3.70. The first-order chi connectivity index (χ1) is 12.3. The van der Waals surface area contributed by atoms with Crippen molar-refractivity contribution in [1.82, 2.24) is 19.2 Å². The molecule has 0 saturated carbocycles. The number of pyridine rings is 2. The number of piperazine rings is 1. The van der Waals surface area contributed by atoms with Crippen LogP contribution in [0.5, 0.6) is 0 Å². The molecular formula is C17H19ClN4O3S. The maximum atomic E-state index is 12.9. The fraction of sp³-hybridized carbons (Fsp3) is 0.353. The van der Waals surface area contributed by atoms with Crippen LogP contribution in [0.1, 0.15) is 21.7 Å². The van der Waals surface area contributed by atoms with E-state index in [2.05, 4.69) is 9.97 Å². The van der Waals surface area contributed by atoms with Crippen LogP contribution in [0.2, 0.25) is 5.02 Å². The van der Waals surface area contributed by atoms with Crippen LogP contribution < -0.4 is 0 Å². The van der Waals surface area contributed by atoms with Gasteiger partial charge in [0.1, 0.15) is 4.90 Å². The number of rotatable bonds is 3. The molecule has 3 heterocycles. The van der Waals surface area contributed by atoms with E-state index in [1.54, 1.807) is 37.1 Å². The van der Waals surface area contributed by atoms with E-state index in [1.165, 1.54) is 16.6 Å². The minimum atomic E-state index is -3.70. The quantitative estimate of drug-likeness (QED) is 0.793. The molecule has 0 aliphatic carbocycles. The van der Waals surface area contributed by atoms with E-state index in [-0.39, 0.29) is 28.9 Å². The Labute approximate surface area is 157 Å². The number of carbonyl (C=O) groups is 1.